The molecule has 0 radical (unpaired) electrons. The SMILES string of the molecule is C1CCC1.NC1=Nc2cccc(c2)S(=O)(=O)Nc2cc(c3ccccc3n2)C(=O)N1. The van der Waals surface area contributed by atoms with Crippen molar-refractivity contribution in [1.82, 2.24) is 10.3 Å². The van der Waals surface area contributed by atoms with Gasteiger partial charge >= 0.3 is 0 Å². The Labute approximate surface area is 174 Å². The largest absolute Gasteiger partial charge is 0.369 e. The number of nitrogens with one attached hydrogen (secondary N) is 2. The number of nitrogens with zero attached hydrogens (tertiary/aromatic N) is 2. The molecule has 9 heteroatoms. The molecule has 1 saturated carbocycles. The molecule has 2 heterocycles. The van der Waals surface area contributed by atoms with Crippen LogP contribution in [-0.4, -0.2) is 25.3 Å². The number of amides is 1. The molecule has 0 spiro atoms. The molecule has 1 aliphatic heterocycles. The third-order valence-corrected chi connectivity index (χ3v) is 6.17. The van der Waals surface area contributed by atoms with Crippen molar-refractivity contribution in [2.45, 2.75) is 30.6 Å². The highest BCUT2D eigenvalue weighted by atomic mass is 32.2. The number of nitrogens with two attached hydrogens (primary N) is 1. The Kier molecular flexibility index (Phi) is 5.37. The van der Waals surface area contributed by atoms with Crippen LogP contribution < -0.4 is 15.8 Å². The number of aromatic nitrogens is 1. The van der Waals surface area contributed by atoms with Crippen molar-refractivity contribution >= 4 is 44.3 Å². The summed E-state index contributed by atoms with van der Waals surface area (Å²) in [5.41, 5.74) is 6.80. The molecule has 5 rings (SSSR count). The molecule has 2 aromatic carbocycles. The third kappa shape index (κ3) is 4.25. The highest BCUT2D eigenvalue weighted by Crippen LogP contribution is 2.25. The second-order valence-corrected chi connectivity index (χ2v) is 8.72. The van der Waals surface area contributed by atoms with Crippen LogP contribution in [0, 0.1) is 0 Å². The number of hydrogen-bond acceptors (Lipinski definition) is 6. The second kappa shape index (κ2) is 8.11. The van der Waals surface area contributed by atoms with Crippen LogP contribution in [0.5, 0.6) is 0 Å². The van der Waals surface area contributed by atoms with E-state index >= 15 is 0 Å². The molecule has 0 atom stereocenters. The second-order valence-electron chi connectivity index (χ2n) is 7.04. The molecule has 30 heavy (non-hydrogen) atoms. The number of carbonyl (C=O) groups is 1. The fourth-order valence-electron chi connectivity index (χ4n) is 2.93. The molecular formula is C21H21N5O3S. The van der Waals surface area contributed by atoms with E-state index in [0.29, 0.717) is 16.6 Å². The lowest BCUT2D eigenvalue weighted by atomic mass is 10.0. The molecule has 8 nitrogen and oxygen atoms in total. The highest BCUT2D eigenvalue weighted by molar-refractivity contribution is 7.92. The van der Waals surface area contributed by atoms with E-state index in [0.717, 1.165) is 0 Å². The predicted molar refractivity (Wildman–Crippen MR) is 116 cm³/mol. The van der Waals surface area contributed by atoms with E-state index in [1.54, 1.807) is 30.3 Å². The quantitative estimate of drug-likeness (QED) is 0.511. The molecule has 2 aliphatic rings. The van der Waals surface area contributed by atoms with Crippen LogP contribution in [0.1, 0.15) is 36.0 Å². The Balaban J connectivity index is 0.000000489. The molecule has 1 amide bonds. The van der Waals surface area contributed by atoms with Gasteiger partial charge in [-0.1, -0.05) is 49.9 Å². The minimum Gasteiger partial charge on any atom is -0.369 e. The topological polar surface area (TPSA) is 127 Å². The van der Waals surface area contributed by atoms with Crippen molar-refractivity contribution in [3.8, 4) is 0 Å². The number of aliphatic imine (C=N–C) groups is 1. The molecule has 4 bridgehead atoms. The van der Waals surface area contributed by atoms with Crippen LogP contribution in [0.3, 0.4) is 0 Å². The molecule has 1 aromatic heterocycles. The fourth-order valence-corrected chi connectivity index (χ4v) is 3.96. The smallest absolute Gasteiger partial charge is 0.263 e. The van der Waals surface area contributed by atoms with Gasteiger partial charge in [0, 0.05) is 5.39 Å². The van der Waals surface area contributed by atoms with Crippen molar-refractivity contribution in [2.24, 2.45) is 10.7 Å². The monoisotopic (exact) mass is 423 g/mol. The van der Waals surface area contributed by atoms with E-state index in [4.69, 9.17) is 5.73 Å². The van der Waals surface area contributed by atoms with Gasteiger partial charge in [-0.3, -0.25) is 14.8 Å². The van der Waals surface area contributed by atoms with E-state index < -0.39 is 15.9 Å². The summed E-state index contributed by atoms with van der Waals surface area (Å²) in [6.07, 6.45) is 6.00. The fraction of sp³-hybridized carbons (Fsp3) is 0.190. The predicted octanol–water partition coefficient (Wildman–Crippen LogP) is 3.29. The molecule has 1 aliphatic carbocycles. The zero-order chi connectivity index (χ0) is 21.1. The van der Waals surface area contributed by atoms with Crippen LogP contribution in [0.25, 0.3) is 10.9 Å². The minimum atomic E-state index is -3.90. The van der Waals surface area contributed by atoms with E-state index in [-0.39, 0.29) is 22.2 Å². The maximum absolute atomic E-state index is 12.7. The first-order valence-corrected chi connectivity index (χ1v) is 11.1. The summed E-state index contributed by atoms with van der Waals surface area (Å²) in [5, 5.41) is 3.08. The first kappa shape index (κ1) is 19.8. The van der Waals surface area contributed by atoms with Crippen LogP contribution in [-0.2, 0) is 10.0 Å². The molecule has 3 aromatic rings. The number of sulfonamides is 1. The van der Waals surface area contributed by atoms with E-state index in [2.05, 4.69) is 20.0 Å². The van der Waals surface area contributed by atoms with Gasteiger partial charge in [0.1, 0.15) is 5.82 Å². The van der Waals surface area contributed by atoms with Gasteiger partial charge in [-0.2, -0.15) is 0 Å². The number of rotatable bonds is 0. The van der Waals surface area contributed by atoms with Crippen LogP contribution in [0.4, 0.5) is 11.5 Å². The maximum Gasteiger partial charge on any atom is 0.263 e. The number of pyridine rings is 1. The van der Waals surface area contributed by atoms with E-state index in [9.17, 15) is 13.2 Å². The normalized spacial score (nSPS) is 16.9. The third-order valence-electron chi connectivity index (χ3n) is 4.82. The van der Waals surface area contributed by atoms with E-state index in [1.165, 1.54) is 49.9 Å². The van der Waals surface area contributed by atoms with Crippen molar-refractivity contribution in [1.29, 1.82) is 0 Å². The standard InChI is InChI=1S/C17H13N5O3S.C4H8/c18-17-19-10-4-3-5-11(8-10)26(24,25)22-15-9-13(16(23)21-17)12-6-1-2-7-14(12)20-15;1-2-4-3-1/h1-9H,(H,20,22)(H3,18,19,21,23);1-4H2. The van der Waals surface area contributed by atoms with Gasteiger partial charge in [0.25, 0.3) is 15.9 Å². The first-order valence-electron chi connectivity index (χ1n) is 9.60. The van der Waals surface area contributed by atoms with Crippen LogP contribution in [0.15, 0.2) is 64.5 Å². The van der Waals surface area contributed by atoms with E-state index in [1.807, 2.05) is 0 Å². The average Bonchev–Trinajstić information content (AvgIpc) is 2.65. The van der Waals surface area contributed by atoms with Crippen LogP contribution >= 0.6 is 0 Å². The Bertz CT molecular complexity index is 1250. The van der Waals surface area contributed by atoms with Gasteiger partial charge in [0.2, 0.25) is 5.96 Å². The maximum atomic E-state index is 12.7. The number of para-hydroxylation sites is 1. The molecule has 0 unspecified atom stereocenters. The van der Waals surface area contributed by atoms with Crippen molar-refractivity contribution in [2.75, 3.05) is 4.72 Å². The zero-order valence-corrected chi connectivity index (χ0v) is 16.9. The number of benzene rings is 2. The first-order chi connectivity index (χ1) is 14.4. The number of guanidine groups is 1. The summed E-state index contributed by atoms with van der Waals surface area (Å²) in [4.78, 5) is 21.0. The molecular weight excluding hydrogens is 402 g/mol. The van der Waals surface area contributed by atoms with Gasteiger partial charge < -0.3 is 5.73 Å². The molecule has 4 N–H and O–H groups in total. The Morgan fingerprint density at radius 2 is 1.67 bits per heavy atom. The average molecular weight is 423 g/mol. The molecule has 1 fully saturated rings. The molecule has 154 valence electrons. The van der Waals surface area contributed by atoms with Gasteiger partial charge in [-0.05, 0) is 30.3 Å². The lowest BCUT2D eigenvalue weighted by Crippen LogP contribution is -2.36. The van der Waals surface area contributed by atoms with Gasteiger partial charge in [-0.15, -0.1) is 0 Å². The number of fused-ring (bicyclic) bond motifs is 6. The lowest BCUT2D eigenvalue weighted by Gasteiger charge is -2.13. The Hall–Kier alpha value is -3.46. The minimum absolute atomic E-state index is 0.00922. The Morgan fingerprint density at radius 3 is 2.40 bits per heavy atom. The van der Waals surface area contributed by atoms with Crippen molar-refractivity contribution in [3.05, 3.63) is 60.2 Å². The summed E-state index contributed by atoms with van der Waals surface area (Å²) in [5.74, 6) is -0.613. The number of anilines is 1. The van der Waals surface area contributed by atoms with Crippen LogP contribution in [0.2, 0.25) is 0 Å². The van der Waals surface area contributed by atoms with Gasteiger partial charge in [-0.25, -0.2) is 18.4 Å². The summed E-state index contributed by atoms with van der Waals surface area (Å²) in [6, 6.07) is 14.2. The number of carbonyl (C=O) groups excluding carboxylic acids is 1. The summed E-state index contributed by atoms with van der Waals surface area (Å²) in [6.45, 7) is 0. The molecule has 0 saturated heterocycles. The highest BCUT2D eigenvalue weighted by Gasteiger charge is 2.20. The zero-order valence-electron chi connectivity index (χ0n) is 16.1. The Morgan fingerprint density at radius 1 is 0.933 bits per heavy atom. The number of hydrogen-bond donors (Lipinski definition) is 3. The van der Waals surface area contributed by atoms with Gasteiger partial charge in [0.15, 0.2) is 0 Å². The van der Waals surface area contributed by atoms with Gasteiger partial charge in [0.05, 0.1) is 21.7 Å². The summed E-state index contributed by atoms with van der Waals surface area (Å²) < 4.78 is 27.7. The lowest BCUT2D eigenvalue weighted by molar-refractivity contribution is 0.0978. The van der Waals surface area contributed by atoms with Crippen molar-refractivity contribution < 1.29 is 13.2 Å². The summed E-state index contributed by atoms with van der Waals surface area (Å²) >= 11 is 0. The van der Waals surface area contributed by atoms with Crippen molar-refractivity contribution in [3.63, 3.8) is 0 Å². The summed E-state index contributed by atoms with van der Waals surface area (Å²) in [7, 11) is -3.90.